The number of benzene rings is 4. The van der Waals surface area contributed by atoms with Gasteiger partial charge in [0.15, 0.2) is 0 Å². The van der Waals surface area contributed by atoms with Gasteiger partial charge >= 0.3 is 41.8 Å². The van der Waals surface area contributed by atoms with E-state index in [4.69, 9.17) is 5.11 Å². The second-order valence-electron chi connectivity index (χ2n) is 26.2. The van der Waals surface area contributed by atoms with Gasteiger partial charge in [-0.05, 0) is 111 Å². The summed E-state index contributed by atoms with van der Waals surface area (Å²) in [6.45, 7) is 1.86. The fourth-order valence-electron chi connectivity index (χ4n) is 11.8. The number of carbonyl (C=O) groups is 17. The maximum absolute atomic E-state index is 14.0. The number of amides is 12. The Hall–Kier alpha value is -12.1. The van der Waals surface area contributed by atoms with Gasteiger partial charge in [0.25, 0.3) is 0 Å². The molecule has 1 aliphatic rings. The molecule has 0 bridgehead atoms. The molecule has 0 radical (unpaired) electrons. The van der Waals surface area contributed by atoms with E-state index >= 15 is 0 Å². The number of carboxylic acid groups (broad SMARTS) is 6. The summed E-state index contributed by atoms with van der Waals surface area (Å²) >= 11 is 0. The van der Waals surface area contributed by atoms with Crippen LogP contribution in [0.1, 0.15) is 127 Å². The Morgan fingerprint density at radius 1 is 0.380 bits per heavy atom. The third-order valence-electron chi connectivity index (χ3n) is 17.7. The third kappa shape index (κ3) is 31.7. The van der Waals surface area contributed by atoms with E-state index in [-0.39, 0.29) is 57.5 Å². The smallest absolute Gasteiger partial charge is 0.326 e. The van der Waals surface area contributed by atoms with E-state index in [1.165, 1.54) is 13.8 Å². The molecule has 35 nitrogen and oxygen atoms in total. The molecule has 4 aromatic carbocycles. The summed E-state index contributed by atoms with van der Waals surface area (Å²) in [7, 11) is 0. The highest BCUT2D eigenvalue weighted by atomic mass is 16.4. The first-order chi connectivity index (χ1) is 51.3. The summed E-state index contributed by atoms with van der Waals surface area (Å²) in [5, 5.41) is 88.2. The Balaban J connectivity index is 1.16. The minimum absolute atomic E-state index is 0.0318. The van der Waals surface area contributed by atoms with Gasteiger partial charge in [0.05, 0.1) is 6.54 Å². The van der Waals surface area contributed by atoms with Gasteiger partial charge in [-0.1, -0.05) is 103 Å². The maximum Gasteiger partial charge on any atom is 0.326 e. The normalized spacial score (nSPS) is 15.6. The van der Waals surface area contributed by atoms with Crippen molar-refractivity contribution in [3.05, 3.63) is 120 Å². The molecule has 1 fully saturated rings. The van der Waals surface area contributed by atoms with Crippen molar-refractivity contribution in [2.45, 2.75) is 184 Å². The number of hydrogen-bond acceptors (Lipinski definition) is 17. The largest absolute Gasteiger partial charge is 0.481 e. The lowest BCUT2D eigenvalue weighted by Gasteiger charge is -2.29. The van der Waals surface area contributed by atoms with E-state index in [2.05, 4.69) is 63.8 Å². The first-order valence-electron chi connectivity index (χ1n) is 35.2. The van der Waals surface area contributed by atoms with Gasteiger partial charge in [-0.15, -0.1) is 0 Å². The summed E-state index contributed by atoms with van der Waals surface area (Å²) < 4.78 is 0. The number of unbranched alkanes of at least 4 members (excludes halogenated alkanes) is 1. The molecule has 9 atom stereocenters. The molecule has 584 valence electrons. The summed E-state index contributed by atoms with van der Waals surface area (Å²) in [6, 6.07) is 15.7. The van der Waals surface area contributed by atoms with Crippen LogP contribution in [0.3, 0.4) is 0 Å². The van der Waals surface area contributed by atoms with E-state index in [1.54, 1.807) is 60.7 Å². The molecule has 0 aromatic heterocycles. The Labute approximate surface area is 620 Å². The Morgan fingerprint density at radius 3 is 1.31 bits per heavy atom. The maximum atomic E-state index is 14.0. The summed E-state index contributed by atoms with van der Waals surface area (Å²) in [5.41, 5.74) is 2.01. The minimum atomic E-state index is -1.83. The van der Waals surface area contributed by atoms with Gasteiger partial charge in [-0.3, -0.25) is 67.1 Å². The van der Waals surface area contributed by atoms with Gasteiger partial charge in [-0.2, -0.15) is 0 Å². The summed E-state index contributed by atoms with van der Waals surface area (Å²) in [6.07, 6.45) is -3.26. The molecule has 0 saturated heterocycles. The number of urea groups is 1. The van der Waals surface area contributed by atoms with Crippen molar-refractivity contribution in [2.24, 2.45) is 11.8 Å². The molecule has 108 heavy (non-hydrogen) atoms. The molecule has 0 spiro atoms. The molecule has 18 N–H and O–H groups in total. The standard InChI is InChI=1S/C73H94N12O23/c1-41(77-69(102)57(37-44-15-7-4-8-16-44)83-70(103)56(78-42(2)86)36-43-13-5-3-6-14-43)63(96)79-51(27-31-60(90)91)67(100)81-52(28-32-61(92)93)68(101)80-50(26-30-59(88)89)65(98)76-40-58(87)75-39-45-20-24-48(25-21-45)64(97)82-55(38-46-22-23-47-17-9-10-18-49(47)35-46)66(99)74-34-12-11-19-53(71(104)105)84-73(108)85-54(72(106)107)29-33-62(94)95/h3-10,13-18,22-23,35,41,45,48,50-57H,11-12,19-21,24-34,36-40H2,1-2H3,(H,74,99)(H,75,87)(H,76,98)(H,77,102)(H,78,86)(H,79,96)(H,80,101)(H,81,100)(H,82,97)(H,83,103)(H,88,89)(H,90,91)(H,92,93)(H,94,95)(H,104,105)(H,106,107)(H2,84,85,108)/t41-,45?,48?,50-,51-,52-,53-,54-,55-,56-,57-/m0/s1. The lowest BCUT2D eigenvalue weighted by Crippen LogP contribution is -2.59. The lowest BCUT2D eigenvalue weighted by molar-refractivity contribution is -0.141. The van der Waals surface area contributed by atoms with E-state index in [0.717, 1.165) is 16.3 Å². The van der Waals surface area contributed by atoms with Gasteiger partial charge in [0, 0.05) is 70.9 Å². The predicted octanol–water partition coefficient (Wildman–Crippen LogP) is 0.291. The molecule has 1 saturated carbocycles. The van der Waals surface area contributed by atoms with Crippen molar-refractivity contribution in [2.75, 3.05) is 19.6 Å². The van der Waals surface area contributed by atoms with Crippen LogP contribution in [0.2, 0.25) is 0 Å². The van der Waals surface area contributed by atoms with Crippen molar-refractivity contribution in [1.82, 2.24) is 63.8 Å². The van der Waals surface area contributed by atoms with Crippen LogP contribution in [-0.2, 0) is 96.0 Å². The molecule has 4 aromatic rings. The Bertz CT molecular complexity index is 3840. The van der Waals surface area contributed by atoms with Crippen LogP contribution >= 0.6 is 0 Å². The monoisotopic (exact) mass is 1510 g/mol. The fraction of sp³-hybridized carbons (Fsp3) is 0.466. The molecule has 0 heterocycles. The van der Waals surface area contributed by atoms with E-state index in [9.17, 15) is 107 Å². The molecule has 0 aliphatic heterocycles. The molecule has 5 rings (SSSR count). The highest BCUT2D eigenvalue weighted by Gasteiger charge is 2.36. The van der Waals surface area contributed by atoms with E-state index in [0.29, 0.717) is 36.8 Å². The number of aliphatic carboxylic acids is 6. The Morgan fingerprint density at radius 2 is 0.796 bits per heavy atom. The van der Waals surface area contributed by atoms with Crippen LogP contribution < -0.4 is 63.8 Å². The number of carboxylic acids is 6. The second-order valence-corrected chi connectivity index (χ2v) is 26.2. The van der Waals surface area contributed by atoms with Crippen LogP contribution in [0.15, 0.2) is 103 Å². The zero-order chi connectivity index (χ0) is 79.4. The van der Waals surface area contributed by atoms with Crippen molar-refractivity contribution in [1.29, 1.82) is 0 Å². The second kappa shape index (κ2) is 44.7. The van der Waals surface area contributed by atoms with Crippen LogP contribution in [-0.4, -0.2) is 206 Å². The number of carbonyl (C=O) groups excluding carboxylic acids is 11. The lowest BCUT2D eigenvalue weighted by atomic mass is 9.81. The van der Waals surface area contributed by atoms with E-state index < -0.39 is 219 Å². The van der Waals surface area contributed by atoms with E-state index in [1.807, 2.05) is 42.5 Å². The van der Waals surface area contributed by atoms with Gasteiger partial charge in [-0.25, -0.2) is 14.4 Å². The van der Waals surface area contributed by atoms with Gasteiger partial charge in [0.2, 0.25) is 59.1 Å². The average Bonchev–Trinajstić information content (AvgIpc) is 0.838. The summed E-state index contributed by atoms with van der Waals surface area (Å²) in [4.78, 5) is 219. The zero-order valence-electron chi connectivity index (χ0n) is 59.6. The third-order valence-corrected chi connectivity index (χ3v) is 17.7. The first-order valence-corrected chi connectivity index (χ1v) is 35.2. The predicted molar refractivity (Wildman–Crippen MR) is 383 cm³/mol. The molecule has 35 heteroatoms. The highest BCUT2D eigenvalue weighted by molar-refractivity contribution is 5.98. The number of fused-ring (bicyclic) bond motifs is 1. The fourth-order valence-corrected chi connectivity index (χ4v) is 11.8. The SMILES string of the molecule is CC(=O)N[C@@H](Cc1ccccc1)C(=O)N[C@@H](Cc1ccccc1)C(=O)N[C@@H](C)C(=O)N[C@@H](CCC(=O)O)C(=O)N[C@@H](CCC(=O)O)C(=O)N[C@@H](CCC(=O)O)C(=O)NCC(=O)NCC1CCC(C(=O)N[C@@H](Cc2ccc3ccccc3c2)C(=O)NCCCC[C@H](NC(=O)N[C@@H](CCC(=O)O)C(=O)O)C(=O)O)CC1. The van der Waals surface area contributed by atoms with Crippen molar-refractivity contribution in [3.8, 4) is 0 Å². The van der Waals surface area contributed by atoms with Crippen LogP contribution in [0.4, 0.5) is 4.79 Å². The minimum Gasteiger partial charge on any atom is -0.481 e. The van der Waals surface area contributed by atoms with Gasteiger partial charge in [0.1, 0.15) is 54.4 Å². The molecule has 12 amide bonds. The van der Waals surface area contributed by atoms with Crippen LogP contribution in [0, 0.1) is 11.8 Å². The van der Waals surface area contributed by atoms with Gasteiger partial charge < -0.3 is 94.4 Å². The van der Waals surface area contributed by atoms with Crippen molar-refractivity contribution < 1.29 is 112 Å². The highest BCUT2D eigenvalue weighted by Crippen LogP contribution is 2.29. The number of nitrogens with one attached hydrogen (secondary N) is 12. The molecule has 0 unspecified atom stereocenters. The quantitative estimate of drug-likeness (QED) is 0.0264. The van der Waals surface area contributed by atoms with Crippen molar-refractivity contribution in [3.63, 3.8) is 0 Å². The van der Waals surface area contributed by atoms with Crippen LogP contribution in [0.25, 0.3) is 10.8 Å². The number of rotatable bonds is 46. The zero-order valence-corrected chi connectivity index (χ0v) is 59.6. The molecule has 1 aliphatic carbocycles. The number of hydrogen-bond donors (Lipinski definition) is 18. The Kier molecular flexibility index (Phi) is 35.8. The molecular weight excluding hydrogens is 1410 g/mol. The topological polar surface area (TPSA) is 556 Å². The summed E-state index contributed by atoms with van der Waals surface area (Å²) in [5.74, 6) is -17.6. The first kappa shape index (κ1) is 86.6. The van der Waals surface area contributed by atoms with Crippen LogP contribution in [0.5, 0.6) is 0 Å². The van der Waals surface area contributed by atoms with Crippen molar-refractivity contribution >= 4 is 112 Å². The molecular formula is C73H94N12O23. The average molecular weight is 1510 g/mol.